The van der Waals surface area contributed by atoms with Crippen LogP contribution in [0.3, 0.4) is 0 Å². The molecule has 5 heteroatoms. The van der Waals surface area contributed by atoms with Crippen LogP contribution in [0.4, 0.5) is 4.79 Å². The molecule has 1 spiro atoms. The van der Waals surface area contributed by atoms with Crippen LogP contribution in [0.25, 0.3) is 0 Å². The van der Waals surface area contributed by atoms with Crippen LogP contribution >= 0.6 is 0 Å². The molecule has 3 heterocycles. The van der Waals surface area contributed by atoms with E-state index in [-0.39, 0.29) is 23.8 Å². The highest BCUT2D eigenvalue weighted by Crippen LogP contribution is 2.53. The van der Waals surface area contributed by atoms with Crippen LogP contribution in [0, 0.1) is 11.8 Å². The molecule has 3 rings (SSSR count). The summed E-state index contributed by atoms with van der Waals surface area (Å²) in [5.41, 5.74) is -1.53. The van der Waals surface area contributed by atoms with Crippen LogP contribution in [-0.2, 0) is 14.3 Å². The van der Waals surface area contributed by atoms with E-state index in [4.69, 9.17) is 9.47 Å². The third-order valence-corrected chi connectivity index (χ3v) is 4.05. The maximum absolute atomic E-state index is 12.3. The van der Waals surface area contributed by atoms with Crippen molar-refractivity contribution in [2.75, 3.05) is 0 Å². The third-order valence-electron chi connectivity index (χ3n) is 4.05. The fraction of sp³-hybridized carbons (Fsp3) is 0.714. The summed E-state index contributed by atoms with van der Waals surface area (Å²) in [6.07, 6.45) is 3.98. The zero-order chi connectivity index (χ0) is 14.0. The monoisotopic (exact) mass is 265 g/mol. The maximum Gasteiger partial charge on any atom is 0.419 e. The predicted octanol–water partition coefficient (Wildman–Crippen LogP) is 2.07. The van der Waals surface area contributed by atoms with Crippen molar-refractivity contribution in [1.82, 2.24) is 4.90 Å². The van der Waals surface area contributed by atoms with Gasteiger partial charge in [-0.25, -0.2) is 9.69 Å². The minimum Gasteiger partial charge on any atom is -0.443 e. The zero-order valence-corrected chi connectivity index (χ0v) is 11.7. The third kappa shape index (κ3) is 1.64. The van der Waals surface area contributed by atoms with E-state index in [0.29, 0.717) is 0 Å². The minimum atomic E-state index is -0.899. The molecule has 5 nitrogen and oxygen atoms in total. The molecule has 0 aromatic carbocycles. The second kappa shape index (κ2) is 3.60. The van der Waals surface area contributed by atoms with E-state index in [1.165, 1.54) is 4.90 Å². The van der Waals surface area contributed by atoms with Gasteiger partial charge < -0.3 is 9.47 Å². The lowest BCUT2D eigenvalue weighted by atomic mass is 9.84. The molecule has 19 heavy (non-hydrogen) atoms. The molecule has 0 unspecified atom stereocenters. The quantitative estimate of drug-likeness (QED) is 0.629. The molecule has 3 aliphatic heterocycles. The van der Waals surface area contributed by atoms with Crippen molar-refractivity contribution in [3.05, 3.63) is 12.2 Å². The number of carbonyl (C=O) groups is 2. The highest BCUT2D eigenvalue weighted by Gasteiger charge is 2.66. The Hall–Kier alpha value is -1.36. The second-order valence-electron chi connectivity index (χ2n) is 6.55. The topological polar surface area (TPSA) is 55.8 Å². The summed E-state index contributed by atoms with van der Waals surface area (Å²) in [6.45, 7) is 7.21. The fourth-order valence-corrected chi connectivity index (χ4v) is 3.27. The normalized spacial score (nSPS) is 39.9. The molecule has 3 aliphatic rings. The van der Waals surface area contributed by atoms with Crippen molar-refractivity contribution < 1.29 is 19.1 Å². The first kappa shape index (κ1) is 12.7. The smallest absolute Gasteiger partial charge is 0.419 e. The lowest BCUT2D eigenvalue weighted by Gasteiger charge is -2.33. The van der Waals surface area contributed by atoms with Crippen LogP contribution in [-0.4, -0.2) is 34.3 Å². The standard InChI is InChI=1S/C14H19NO4/c1-8-10-7-9-5-6-14(10,18-9)15(11(8)16)12(17)19-13(2,3)4/h5-6,8-10H,7H2,1-4H3/t8-,9+,10-,14-/m0/s1. The highest BCUT2D eigenvalue weighted by molar-refractivity contribution is 5.97. The van der Waals surface area contributed by atoms with Crippen LogP contribution in [0.15, 0.2) is 12.2 Å². The number of carbonyl (C=O) groups excluding carboxylic acids is 2. The van der Waals surface area contributed by atoms with E-state index in [1.807, 2.05) is 19.1 Å². The van der Waals surface area contributed by atoms with Crippen molar-refractivity contribution in [3.63, 3.8) is 0 Å². The van der Waals surface area contributed by atoms with E-state index in [1.54, 1.807) is 20.8 Å². The van der Waals surface area contributed by atoms with E-state index < -0.39 is 17.4 Å². The summed E-state index contributed by atoms with van der Waals surface area (Å²) in [6, 6.07) is 0. The number of hydrogen-bond acceptors (Lipinski definition) is 4. The fourth-order valence-electron chi connectivity index (χ4n) is 3.27. The molecule has 4 atom stereocenters. The lowest BCUT2D eigenvalue weighted by molar-refractivity contribution is -0.142. The lowest BCUT2D eigenvalue weighted by Crippen LogP contribution is -2.51. The summed E-state index contributed by atoms with van der Waals surface area (Å²) in [5.74, 6) is -0.366. The molecule has 0 radical (unpaired) electrons. The predicted molar refractivity (Wildman–Crippen MR) is 67.1 cm³/mol. The molecule has 0 aromatic rings. The van der Waals surface area contributed by atoms with E-state index in [2.05, 4.69) is 0 Å². The van der Waals surface area contributed by atoms with E-state index in [0.717, 1.165) is 6.42 Å². The average Bonchev–Trinajstić information content (AvgIpc) is 2.87. The highest BCUT2D eigenvalue weighted by atomic mass is 16.6. The first-order valence-electron chi connectivity index (χ1n) is 6.69. The van der Waals surface area contributed by atoms with Crippen molar-refractivity contribution in [2.45, 2.75) is 51.5 Å². The Morgan fingerprint density at radius 1 is 1.53 bits per heavy atom. The summed E-state index contributed by atoms with van der Waals surface area (Å²) in [4.78, 5) is 25.8. The van der Waals surface area contributed by atoms with Gasteiger partial charge in [0.05, 0.1) is 6.10 Å². The molecular weight excluding hydrogens is 246 g/mol. The number of hydrogen-bond donors (Lipinski definition) is 0. The van der Waals surface area contributed by atoms with Gasteiger partial charge in [0, 0.05) is 11.8 Å². The number of rotatable bonds is 0. The molecule has 0 saturated carbocycles. The average molecular weight is 265 g/mol. The molecule has 2 amide bonds. The Morgan fingerprint density at radius 3 is 2.79 bits per heavy atom. The van der Waals surface area contributed by atoms with Crippen LogP contribution in [0.5, 0.6) is 0 Å². The second-order valence-corrected chi connectivity index (χ2v) is 6.55. The molecule has 104 valence electrons. The molecule has 2 saturated heterocycles. The largest absolute Gasteiger partial charge is 0.443 e. The first-order chi connectivity index (χ1) is 8.74. The van der Waals surface area contributed by atoms with Crippen LogP contribution in [0.2, 0.25) is 0 Å². The summed E-state index contributed by atoms with van der Waals surface area (Å²) in [7, 11) is 0. The molecular formula is C14H19NO4. The van der Waals surface area contributed by atoms with Gasteiger partial charge in [0.2, 0.25) is 5.91 Å². The number of amides is 2. The van der Waals surface area contributed by atoms with Crippen molar-refractivity contribution >= 4 is 12.0 Å². The van der Waals surface area contributed by atoms with Crippen LogP contribution in [0.1, 0.15) is 34.1 Å². The van der Waals surface area contributed by atoms with Gasteiger partial charge in [0.15, 0.2) is 5.72 Å². The summed E-state index contributed by atoms with van der Waals surface area (Å²) < 4.78 is 11.2. The SMILES string of the molecule is C[C@@H]1C(=O)N(C(=O)OC(C)(C)C)[C@]23C=C[C@H](C[C@@H]12)O3. The molecule has 2 bridgehead atoms. The Bertz CT molecular complexity index is 478. The number of ether oxygens (including phenoxy) is 2. The molecule has 0 N–H and O–H groups in total. The van der Waals surface area contributed by atoms with Crippen molar-refractivity contribution in [1.29, 1.82) is 0 Å². The van der Waals surface area contributed by atoms with E-state index in [9.17, 15) is 9.59 Å². The first-order valence-corrected chi connectivity index (χ1v) is 6.69. The number of likely N-dealkylation sites (tertiary alicyclic amines) is 1. The minimum absolute atomic E-state index is 0.0190. The Kier molecular flexibility index (Phi) is 2.40. The number of nitrogens with zero attached hydrogens (tertiary/aromatic N) is 1. The molecule has 0 aliphatic carbocycles. The van der Waals surface area contributed by atoms with Crippen molar-refractivity contribution in [2.24, 2.45) is 11.8 Å². The zero-order valence-electron chi connectivity index (χ0n) is 11.7. The van der Waals surface area contributed by atoms with E-state index >= 15 is 0 Å². The van der Waals surface area contributed by atoms with Crippen LogP contribution < -0.4 is 0 Å². The number of imide groups is 1. The van der Waals surface area contributed by atoms with Gasteiger partial charge >= 0.3 is 6.09 Å². The Morgan fingerprint density at radius 2 is 2.21 bits per heavy atom. The van der Waals surface area contributed by atoms with Gasteiger partial charge in [-0.15, -0.1) is 0 Å². The maximum atomic E-state index is 12.3. The van der Waals surface area contributed by atoms with Gasteiger partial charge in [-0.05, 0) is 33.3 Å². The van der Waals surface area contributed by atoms with Gasteiger partial charge in [-0.1, -0.05) is 13.0 Å². The van der Waals surface area contributed by atoms with Gasteiger partial charge in [0.25, 0.3) is 0 Å². The van der Waals surface area contributed by atoms with Gasteiger partial charge in [0.1, 0.15) is 5.60 Å². The van der Waals surface area contributed by atoms with Gasteiger partial charge in [-0.3, -0.25) is 4.79 Å². The van der Waals surface area contributed by atoms with Crippen molar-refractivity contribution in [3.8, 4) is 0 Å². The summed E-state index contributed by atoms with van der Waals surface area (Å²) in [5, 5.41) is 0. The Balaban J connectivity index is 1.94. The van der Waals surface area contributed by atoms with Gasteiger partial charge in [-0.2, -0.15) is 0 Å². The molecule has 2 fully saturated rings. The number of fused-ring (bicyclic) bond motifs is 1. The summed E-state index contributed by atoms with van der Waals surface area (Å²) >= 11 is 0. The Labute approximate surface area is 112 Å². The molecule has 0 aromatic heterocycles.